The maximum Gasteiger partial charge on any atom is 0.267 e. The summed E-state index contributed by atoms with van der Waals surface area (Å²) in [6, 6.07) is 5.70. The Balaban J connectivity index is 1.77. The van der Waals surface area contributed by atoms with Crippen LogP contribution in [0, 0.1) is 5.82 Å². The minimum atomic E-state index is -0.585. The van der Waals surface area contributed by atoms with Gasteiger partial charge in [0.05, 0.1) is 5.54 Å². The Labute approximate surface area is 141 Å². The number of likely N-dealkylation sites (N-methyl/N-ethyl adjacent to an activating group) is 1. The van der Waals surface area contributed by atoms with Crippen molar-refractivity contribution in [1.82, 2.24) is 10.2 Å². The third-order valence-electron chi connectivity index (χ3n) is 4.98. The van der Waals surface area contributed by atoms with Crippen LogP contribution in [0.2, 0.25) is 0 Å². The summed E-state index contributed by atoms with van der Waals surface area (Å²) in [4.78, 5) is 26.2. The highest BCUT2D eigenvalue weighted by atomic mass is 19.1. The van der Waals surface area contributed by atoms with Crippen LogP contribution < -0.4 is 10.1 Å². The summed E-state index contributed by atoms with van der Waals surface area (Å²) in [7, 11) is 0. The molecule has 1 N–H and O–H groups in total. The SMILES string of the molecule is CCNC(=O)CN1C(=O)C(Oc2ccc(F)cc2)C12CCCCC2. The van der Waals surface area contributed by atoms with E-state index in [4.69, 9.17) is 4.74 Å². The van der Waals surface area contributed by atoms with E-state index >= 15 is 0 Å². The number of β-lactam (4-membered cyclic amide) rings is 1. The molecule has 0 aromatic heterocycles. The number of amides is 2. The summed E-state index contributed by atoms with van der Waals surface area (Å²) in [5, 5.41) is 2.74. The van der Waals surface area contributed by atoms with E-state index in [1.54, 1.807) is 4.90 Å². The molecule has 1 aromatic rings. The second-order valence-electron chi connectivity index (χ2n) is 6.49. The molecule has 6 heteroatoms. The van der Waals surface area contributed by atoms with Gasteiger partial charge < -0.3 is 15.0 Å². The zero-order valence-electron chi connectivity index (χ0n) is 13.9. The number of hydrogen-bond donors (Lipinski definition) is 1. The Kier molecular flexibility index (Phi) is 4.73. The first kappa shape index (κ1) is 16.7. The van der Waals surface area contributed by atoms with Crippen molar-refractivity contribution in [3.05, 3.63) is 30.1 Å². The lowest BCUT2D eigenvalue weighted by atomic mass is 9.70. The standard InChI is InChI=1S/C18H23FN2O3/c1-2-20-15(22)12-21-17(23)16(18(21)10-4-3-5-11-18)24-14-8-6-13(19)7-9-14/h6-9,16H,2-5,10-12H2,1H3,(H,20,22). The van der Waals surface area contributed by atoms with Gasteiger partial charge in [-0.3, -0.25) is 9.59 Å². The normalized spacial score (nSPS) is 22.2. The molecule has 1 atom stereocenters. The predicted molar refractivity (Wildman–Crippen MR) is 87.0 cm³/mol. The van der Waals surface area contributed by atoms with Crippen LogP contribution in [0.15, 0.2) is 24.3 Å². The molecular weight excluding hydrogens is 311 g/mol. The number of halogens is 1. The van der Waals surface area contributed by atoms with Crippen LogP contribution in [0.1, 0.15) is 39.0 Å². The van der Waals surface area contributed by atoms with Crippen molar-refractivity contribution in [3.8, 4) is 5.75 Å². The maximum atomic E-state index is 13.0. The van der Waals surface area contributed by atoms with Crippen molar-refractivity contribution in [2.75, 3.05) is 13.1 Å². The average Bonchev–Trinajstić information content (AvgIpc) is 2.60. The van der Waals surface area contributed by atoms with Gasteiger partial charge in [-0.1, -0.05) is 19.3 Å². The second kappa shape index (κ2) is 6.79. The van der Waals surface area contributed by atoms with Gasteiger partial charge in [-0.2, -0.15) is 0 Å². The van der Waals surface area contributed by atoms with E-state index in [1.807, 2.05) is 6.92 Å². The van der Waals surface area contributed by atoms with Crippen molar-refractivity contribution < 1.29 is 18.7 Å². The van der Waals surface area contributed by atoms with E-state index in [1.165, 1.54) is 24.3 Å². The van der Waals surface area contributed by atoms with E-state index in [9.17, 15) is 14.0 Å². The lowest BCUT2D eigenvalue weighted by molar-refractivity contribution is -0.187. The molecule has 2 amide bonds. The molecule has 130 valence electrons. The summed E-state index contributed by atoms with van der Waals surface area (Å²) in [5.41, 5.74) is -0.408. The number of nitrogens with zero attached hydrogens (tertiary/aromatic N) is 1. The van der Waals surface area contributed by atoms with E-state index in [-0.39, 0.29) is 24.2 Å². The van der Waals surface area contributed by atoms with Crippen molar-refractivity contribution in [2.45, 2.75) is 50.7 Å². The molecule has 1 aromatic carbocycles. The zero-order valence-corrected chi connectivity index (χ0v) is 13.9. The largest absolute Gasteiger partial charge is 0.478 e. The second-order valence-corrected chi connectivity index (χ2v) is 6.49. The number of likely N-dealkylation sites (tertiary alicyclic amines) is 1. The van der Waals surface area contributed by atoms with Gasteiger partial charge >= 0.3 is 0 Å². The molecule has 1 spiro atoms. The fourth-order valence-electron chi connectivity index (χ4n) is 3.80. The topological polar surface area (TPSA) is 58.6 Å². The Morgan fingerprint density at radius 1 is 1.29 bits per heavy atom. The maximum absolute atomic E-state index is 13.0. The molecular formula is C18H23FN2O3. The van der Waals surface area contributed by atoms with E-state index < -0.39 is 11.6 Å². The van der Waals surface area contributed by atoms with Crippen molar-refractivity contribution in [1.29, 1.82) is 0 Å². The van der Waals surface area contributed by atoms with Crippen LogP contribution in [0.3, 0.4) is 0 Å². The minimum absolute atomic E-state index is 0.0793. The highest BCUT2D eigenvalue weighted by Crippen LogP contribution is 2.45. The third kappa shape index (κ3) is 2.97. The fraction of sp³-hybridized carbons (Fsp3) is 0.556. The van der Waals surface area contributed by atoms with Gasteiger partial charge in [0.25, 0.3) is 5.91 Å². The quantitative estimate of drug-likeness (QED) is 0.840. The van der Waals surface area contributed by atoms with E-state index in [0.29, 0.717) is 12.3 Å². The van der Waals surface area contributed by atoms with E-state index in [2.05, 4.69) is 5.32 Å². The minimum Gasteiger partial charge on any atom is -0.478 e. The number of rotatable bonds is 5. The molecule has 1 unspecified atom stereocenters. The van der Waals surface area contributed by atoms with Crippen LogP contribution in [0.4, 0.5) is 4.39 Å². The highest BCUT2D eigenvalue weighted by Gasteiger charge is 2.62. The number of nitrogens with one attached hydrogen (secondary N) is 1. The molecule has 2 fully saturated rings. The van der Waals surface area contributed by atoms with Crippen molar-refractivity contribution in [3.63, 3.8) is 0 Å². The van der Waals surface area contributed by atoms with Gasteiger partial charge in [-0.25, -0.2) is 4.39 Å². The first-order valence-electron chi connectivity index (χ1n) is 8.57. The molecule has 1 aliphatic carbocycles. The first-order valence-corrected chi connectivity index (χ1v) is 8.57. The molecule has 24 heavy (non-hydrogen) atoms. The number of carbonyl (C=O) groups excluding carboxylic acids is 2. The fourth-order valence-corrected chi connectivity index (χ4v) is 3.80. The molecule has 5 nitrogen and oxygen atoms in total. The molecule has 1 saturated carbocycles. The van der Waals surface area contributed by atoms with E-state index in [0.717, 1.165) is 32.1 Å². The van der Waals surface area contributed by atoms with Crippen LogP contribution in [-0.2, 0) is 9.59 Å². The average molecular weight is 334 g/mol. The Morgan fingerprint density at radius 2 is 1.96 bits per heavy atom. The monoisotopic (exact) mass is 334 g/mol. The van der Waals surface area contributed by atoms with Gasteiger partial charge in [0.15, 0.2) is 6.10 Å². The van der Waals surface area contributed by atoms with Crippen LogP contribution >= 0.6 is 0 Å². The number of ether oxygens (including phenoxy) is 1. The number of hydrogen-bond acceptors (Lipinski definition) is 3. The Bertz CT molecular complexity index is 611. The van der Waals surface area contributed by atoms with Gasteiger partial charge in [-0.05, 0) is 44.0 Å². The lowest BCUT2D eigenvalue weighted by Gasteiger charge is -2.58. The molecule has 1 aliphatic heterocycles. The van der Waals surface area contributed by atoms with Crippen molar-refractivity contribution >= 4 is 11.8 Å². The zero-order chi connectivity index (χ0) is 17.2. The van der Waals surface area contributed by atoms with Crippen molar-refractivity contribution in [2.24, 2.45) is 0 Å². The molecule has 1 heterocycles. The van der Waals surface area contributed by atoms with Gasteiger partial charge in [-0.15, -0.1) is 0 Å². The first-order chi connectivity index (χ1) is 11.6. The Hall–Kier alpha value is -2.11. The third-order valence-corrected chi connectivity index (χ3v) is 4.98. The van der Waals surface area contributed by atoms with Gasteiger partial charge in [0, 0.05) is 6.54 Å². The van der Waals surface area contributed by atoms with Gasteiger partial charge in [0.2, 0.25) is 5.91 Å². The summed E-state index contributed by atoms with van der Waals surface area (Å²) in [6.07, 6.45) is 4.25. The van der Waals surface area contributed by atoms with Crippen LogP contribution in [0.5, 0.6) is 5.75 Å². The Morgan fingerprint density at radius 3 is 2.58 bits per heavy atom. The number of carbonyl (C=O) groups is 2. The number of benzene rings is 1. The summed E-state index contributed by atoms with van der Waals surface area (Å²) in [5.74, 6) is -0.159. The smallest absolute Gasteiger partial charge is 0.267 e. The summed E-state index contributed by atoms with van der Waals surface area (Å²) in [6.45, 7) is 2.48. The molecule has 0 radical (unpaired) electrons. The summed E-state index contributed by atoms with van der Waals surface area (Å²) < 4.78 is 18.9. The van der Waals surface area contributed by atoms with Crippen LogP contribution in [-0.4, -0.2) is 41.4 Å². The molecule has 2 aliphatic rings. The molecule has 1 saturated heterocycles. The molecule has 0 bridgehead atoms. The molecule has 3 rings (SSSR count). The lowest BCUT2D eigenvalue weighted by Crippen LogP contribution is -2.77. The summed E-state index contributed by atoms with van der Waals surface area (Å²) >= 11 is 0. The van der Waals surface area contributed by atoms with Gasteiger partial charge in [0.1, 0.15) is 18.1 Å². The predicted octanol–water partition coefficient (Wildman–Crippen LogP) is 2.25. The highest BCUT2D eigenvalue weighted by molar-refractivity contribution is 5.94. The van der Waals surface area contributed by atoms with Crippen LogP contribution in [0.25, 0.3) is 0 Å².